The van der Waals surface area contributed by atoms with Crippen LogP contribution in [0.5, 0.6) is 0 Å². The highest BCUT2D eigenvalue weighted by atomic mass is 79.9. The van der Waals surface area contributed by atoms with Gasteiger partial charge < -0.3 is 10.4 Å². The summed E-state index contributed by atoms with van der Waals surface area (Å²) in [5.41, 5.74) is 1.29. The largest absolute Gasteiger partial charge is 0.396 e. The van der Waals surface area contributed by atoms with Gasteiger partial charge in [0.1, 0.15) is 0 Å². The van der Waals surface area contributed by atoms with Crippen molar-refractivity contribution in [2.45, 2.75) is 25.8 Å². The van der Waals surface area contributed by atoms with Crippen LogP contribution in [0.4, 0.5) is 0 Å². The normalized spacial score (nSPS) is 12.7. The van der Waals surface area contributed by atoms with E-state index in [1.54, 1.807) is 0 Å². The average molecular weight is 272 g/mol. The summed E-state index contributed by atoms with van der Waals surface area (Å²) in [7, 11) is 0. The molecule has 0 bridgehead atoms. The standard InChI is InChI=1S/C12H18BrNO/c1-10(14-8-2-3-9-15)11-4-6-12(13)7-5-11/h4-7,10,14-15H,2-3,8-9H2,1H3/t10-/m1/s1. The van der Waals surface area contributed by atoms with Crippen LogP contribution < -0.4 is 5.32 Å². The predicted molar refractivity (Wildman–Crippen MR) is 66.9 cm³/mol. The summed E-state index contributed by atoms with van der Waals surface area (Å²) in [5, 5.41) is 12.1. The number of nitrogens with one attached hydrogen (secondary N) is 1. The van der Waals surface area contributed by atoms with E-state index < -0.39 is 0 Å². The van der Waals surface area contributed by atoms with Gasteiger partial charge in [-0.1, -0.05) is 28.1 Å². The van der Waals surface area contributed by atoms with Crippen LogP contribution in [0.2, 0.25) is 0 Å². The Hall–Kier alpha value is -0.380. The Morgan fingerprint density at radius 3 is 2.53 bits per heavy atom. The fraction of sp³-hybridized carbons (Fsp3) is 0.500. The van der Waals surface area contributed by atoms with Crippen molar-refractivity contribution in [2.75, 3.05) is 13.2 Å². The van der Waals surface area contributed by atoms with E-state index in [1.807, 2.05) is 0 Å². The molecule has 0 unspecified atom stereocenters. The zero-order valence-corrected chi connectivity index (χ0v) is 10.6. The van der Waals surface area contributed by atoms with E-state index in [9.17, 15) is 0 Å². The highest BCUT2D eigenvalue weighted by molar-refractivity contribution is 9.10. The number of aliphatic hydroxyl groups excluding tert-OH is 1. The highest BCUT2D eigenvalue weighted by Crippen LogP contribution is 2.16. The molecule has 3 heteroatoms. The van der Waals surface area contributed by atoms with Crippen LogP contribution in [0.1, 0.15) is 31.4 Å². The van der Waals surface area contributed by atoms with Gasteiger partial charge in [0, 0.05) is 17.1 Å². The number of halogens is 1. The molecular weight excluding hydrogens is 254 g/mol. The Morgan fingerprint density at radius 1 is 1.27 bits per heavy atom. The van der Waals surface area contributed by atoms with E-state index in [-0.39, 0.29) is 6.61 Å². The van der Waals surface area contributed by atoms with Crippen LogP contribution in [-0.2, 0) is 0 Å². The minimum absolute atomic E-state index is 0.286. The van der Waals surface area contributed by atoms with Crippen LogP contribution in [0.15, 0.2) is 28.7 Å². The van der Waals surface area contributed by atoms with Crippen molar-refractivity contribution in [3.05, 3.63) is 34.3 Å². The molecule has 1 atom stereocenters. The summed E-state index contributed by atoms with van der Waals surface area (Å²) in [6.45, 7) is 3.40. The molecule has 1 aromatic rings. The van der Waals surface area contributed by atoms with Crippen molar-refractivity contribution < 1.29 is 5.11 Å². The fourth-order valence-electron chi connectivity index (χ4n) is 1.42. The summed E-state index contributed by atoms with van der Waals surface area (Å²) >= 11 is 3.42. The number of benzene rings is 1. The average Bonchev–Trinajstić information content (AvgIpc) is 2.25. The molecule has 0 saturated heterocycles. The first-order valence-electron chi connectivity index (χ1n) is 5.33. The number of hydrogen-bond acceptors (Lipinski definition) is 2. The van der Waals surface area contributed by atoms with E-state index in [0.29, 0.717) is 6.04 Å². The molecule has 84 valence electrons. The fourth-order valence-corrected chi connectivity index (χ4v) is 1.69. The van der Waals surface area contributed by atoms with Gasteiger partial charge in [0.15, 0.2) is 0 Å². The summed E-state index contributed by atoms with van der Waals surface area (Å²) in [6.07, 6.45) is 1.90. The van der Waals surface area contributed by atoms with Crippen molar-refractivity contribution in [3.63, 3.8) is 0 Å². The SMILES string of the molecule is C[C@@H](NCCCCO)c1ccc(Br)cc1. The second-order valence-electron chi connectivity index (χ2n) is 3.66. The quantitative estimate of drug-likeness (QED) is 0.780. The van der Waals surface area contributed by atoms with Crippen molar-refractivity contribution >= 4 is 15.9 Å². The number of unbranched alkanes of at least 4 members (excludes halogenated alkanes) is 1. The van der Waals surface area contributed by atoms with Gasteiger partial charge >= 0.3 is 0 Å². The summed E-state index contributed by atoms with van der Waals surface area (Å²) < 4.78 is 1.11. The van der Waals surface area contributed by atoms with Crippen molar-refractivity contribution in [1.29, 1.82) is 0 Å². The third-order valence-corrected chi connectivity index (χ3v) is 2.93. The Labute approximate surface area is 99.8 Å². The first-order chi connectivity index (χ1) is 7.24. The van der Waals surface area contributed by atoms with E-state index in [0.717, 1.165) is 23.9 Å². The Kier molecular flexibility index (Phi) is 5.91. The Morgan fingerprint density at radius 2 is 1.93 bits per heavy atom. The van der Waals surface area contributed by atoms with Crippen LogP contribution in [0.3, 0.4) is 0 Å². The molecule has 0 radical (unpaired) electrons. The maximum atomic E-state index is 8.65. The minimum atomic E-state index is 0.286. The smallest absolute Gasteiger partial charge is 0.0431 e. The van der Waals surface area contributed by atoms with Gasteiger partial charge in [0.2, 0.25) is 0 Å². The lowest BCUT2D eigenvalue weighted by Crippen LogP contribution is -2.19. The van der Waals surface area contributed by atoms with Crippen LogP contribution in [0, 0.1) is 0 Å². The number of rotatable bonds is 6. The first-order valence-corrected chi connectivity index (χ1v) is 6.13. The third-order valence-electron chi connectivity index (χ3n) is 2.41. The topological polar surface area (TPSA) is 32.3 Å². The van der Waals surface area contributed by atoms with Gasteiger partial charge in [-0.25, -0.2) is 0 Å². The molecule has 2 N–H and O–H groups in total. The zero-order valence-electron chi connectivity index (χ0n) is 9.04. The molecule has 0 amide bonds. The monoisotopic (exact) mass is 271 g/mol. The summed E-state index contributed by atoms with van der Waals surface area (Å²) in [6, 6.07) is 8.72. The molecule has 1 rings (SSSR count). The molecule has 2 nitrogen and oxygen atoms in total. The molecule has 0 aliphatic heterocycles. The van der Waals surface area contributed by atoms with Gasteiger partial charge in [-0.3, -0.25) is 0 Å². The second-order valence-corrected chi connectivity index (χ2v) is 4.57. The van der Waals surface area contributed by atoms with Crippen LogP contribution in [-0.4, -0.2) is 18.3 Å². The molecular formula is C12H18BrNO. The lowest BCUT2D eigenvalue weighted by molar-refractivity contribution is 0.283. The lowest BCUT2D eigenvalue weighted by Gasteiger charge is -2.13. The van der Waals surface area contributed by atoms with Gasteiger partial charge in [0.05, 0.1) is 0 Å². The first kappa shape index (κ1) is 12.7. The molecule has 15 heavy (non-hydrogen) atoms. The molecule has 0 aliphatic rings. The summed E-state index contributed by atoms with van der Waals surface area (Å²) in [4.78, 5) is 0. The second kappa shape index (κ2) is 6.99. The van der Waals surface area contributed by atoms with E-state index in [4.69, 9.17) is 5.11 Å². The molecule has 0 aromatic heterocycles. The van der Waals surface area contributed by atoms with Crippen LogP contribution >= 0.6 is 15.9 Å². The van der Waals surface area contributed by atoms with Crippen molar-refractivity contribution in [2.24, 2.45) is 0 Å². The van der Waals surface area contributed by atoms with Gasteiger partial charge in [-0.05, 0) is 44.0 Å². The molecule has 1 aromatic carbocycles. The number of hydrogen-bond donors (Lipinski definition) is 2. The van der Waals surface area contributed by atoms with Crippen LogP contribution in [0.25, 0.3) is 0 Å². The molecule has 0 fully saturated rings. The van der Waals surface area contributed by atoms with Gasteiger partial charge in [-0.2, -0.15) is 0 Å². The van der Waals surface area contributed by atoms with Gasteiger partial charge in [-0.15, -0.1) is 0 Å². The molecule has 0 spiro atoms. The van der Waals surface area contributed by atoms with E-state index in [2.05, 4.69) is 52.4 Å². The maximum absolute atomic E-state index is 8.65. The van der Waals surface area contributed by atoms with Gasteiger partial charge in [0.25, 0.3) is 0 Å². The Bertz CT molecular complexity index is 273. The predicted octanol–water partition coefficient (Wildman–Crippen LogP) is 2.87. The van der Waals surface area contributed by atoms with E-state index in [1.165, 1.54) is 5.56 Å². The third kappa shape index (κ3) is 4.78. The molecule has 0 saturated carbocycles. The zero-order chi connectivity index (χ0) is 11.1. The van der Waals surface area contributed by atoms with Crippen molar-refractivity contribution in [1.82, 2.24) is 5.32 Å². The van der Waals surface area contributed by atoms with E-state index >= 15 is 0 Å². The molecule has 0 aliphatic carbocycles. The number of aliphatic hydroxyl groups is 1. The highest BCUT2D eigenvalue weighted by Gasteiger charge is 2.03. The maximum Gasteiger partial charge on any atom is 0.0431 e. The summed E-state index contributed by atoms with van der Waals surface area (Å²) in [5.74, 6) is 0. The lowest BCUT2D eigenvalue weighted by atomic mass is 10.1. The van der Waals surface area contributed by atoms with Crippen molar-refractivity contribution in [3.8, 4) is 0 Å². The molecule has 0 heterocycles. The minimum Gasteiger partial charge on any atom is -0.396 e. The Balaban J connectivity index is 2.33.